The van der Waals surface area contributed by atoms with Crippen LogP contribution in [0.5, 0.6) is 0 Å². The summed E-state index contributed by atoms with van der Waals surface area (Å²) in [6.45, 7) is 1.52. The van der Waals surface area contributed by atoms with Crippen molar-refractivity contribution >= 4 is 5.97 Å². The van der Waals surface area contributed by atoms with E-state index in [0.717, 1.165) is 6.42 Å². The fourth-order valence-electron chi connectivity index (χ4n) is 1.09. The predicted octanol–water partition coefficient (Wildman–Crippen LogP) is 0.231. The van der Waals surface area contributed by atoms with Gasteiger partial charge in [0.1, 0.15) is 0 Å². The average molecular weight is 176 g/mol. The van der Waals surface area contributed by atoms with E-state index in [1.54, 1.807) is 0 Å². The van der Waals surface area contributed by atoms with Gasteiger partial charge in [0.15, 0.2) is 0 Å². The van der Waals surface area contributed by atoms with Gasteiger partial charge in [-0.3, -0.25) is 4.79 Å². The number of aliphatic carboxylic acids is 1. The third-order valence-corrected chi connectivity index (χ3v) is 1.75. The molecule has 0 aliphatic heterocycles. The third-order valence-electron chi connectivity index (χ3n) is 1.75. The van der Waals surface area contributed by atoms with Crippen molar-refractivity contribution < 1.29 is 20.1 Å². The number of hydrogen-bond donors (Lipinski definition) is 3. The Balaban J connectivity index is 3.86. The fraction of sp³-hybridized carbons (Fsp3) is 0.875. The molecular weight excluding hydrogens is 160 g/mol. The lowest BCUT2D eigenvalue weighted by molar-refractivity contribution is -0.143. The van der Waals surface area contributed by atoms with E-state index in [1.165, 1.54) is 0 Å². The number of carbonyl (C=O) groups is 1. The van der Waals surface area contributed by atoms with Crippen molar-refractivity contribution in [3.63, 3.8) is 0 Å². The first-order chi connectivity index (χ1) is 5.61. The van der Waals surface area contributed by atoms with Crippen molar-refractivity contribution in [1.82, 2.24) is 0 Å². The smallest absolute Gasteiger partial charge is 0.306 e. The molecule has 0 aliphatic carbocycles. The normalized spacial score (nSPS) is 15.6. The van der Waals surface area contributed by atoms with Crippen molar-refractivity contribution in [2.75, 3.05) is 6.61 Å². The maximum atomic E-state index is 10.5. The number of carboxylic acids is 1. The second-order valence-corrected chi connectivity index (χ2v) is 2.90. The van der Waals surface area contributed by atoms with Crippen LogP contribution in [0.2, 0.25) is 0 Å². The molecule has 0 fully saturated rings. The molecule has 72 valence electrons. The van der Waals surface area contributed by atoms with E-state index in [9.17, 15) is 4.79 Å². The molecule has 0 radical (unpaired) electrons. The number of rotatable bonds is 6. The highest BCUT2D eigenvalue weighted by molar-refractivity contribution is 5.69. The van der Waals surface area contributed by atoms with Gasteiger partial charge in [-0.15, -0.1) is 0 Å². The van der Waals surface area contributed by atoms with Crippen molar-refractivity contribution in [3.8, 4) is 0 Å². The molecule has 0 spiro atoms. The largest absolute Gasteiger partial charge is 0.481 e. The molecule has 4 heteroatoms. The van der Waals surface area contributed by atoms with Gasteiger partial charge in [-0.05, 0) is 12.8 Å². The molecule has 2 unspecified atom stereocenters. The lowest BCUT2D eigenvalue weighted by Gasteiger charge is -2.13. The van der Waals surface area contributed by atoms with Gasteiger partial charge in [-0.25, -0.2) is 0 Å². The van der Waals surface area contributed by atoms with E-state index in [2.05, 4.69) is 0 Å². The van der Waals surface area contributed by atoms with Crippen LogP contribution < -0.4 is 0 Å². The zero-order valence-corrected chi connectivity index (χ0v) is 7.23. The minimum absolute atomic E-state index is 0.139. The Morgan fingerprint density at radius 1 is 1.50 bits per heavy atom. The number of hydrogen-bond acceptors (Lipinski definition) is 3. The Hall–Kier alpha value is -0.610. The molecule has 3 N–H and O–H groups in total. The topological polar surface area (TPSA) is 77.8 Å². The first-order valence-corrected chi connectivity index (χ1v) is 4.13. The quantitative estimate of drug-likeness (QED) is 0.541. The highest BCUT2D eigenvalue weighted by Crippen LogP contribution is 2.13. The van der Waals surface area contributed by atoms with E-state index >= 15 is 0 Å². The van der Waals surface area contributed by atoms with Gasteiger partial charge < -0.3 is 15.3 Å². The first-order valence-electron chi connectivity index (χ1n) is 4.13. The minimum Gasteiger partial charge on any atom is -0.481 e. The van der Waals surface area contributed by atoms with Crippen LogP contribution in [0, 0.1) is 5.92 Å². The first kappa shape index (κ1) is 11.4. The molecule has 0 aromatic heterocycles. The van der Waals surface area contributed by atoms with Crippen molar-refractivity contribution in [2.45, 2.75) is 32.3 Å². The zero-order chi connectivity index (χ0) is 9.56. The predicted molar refractivity (Wildman–Crippen MR) is 43.7 cm³/mol. The Morgan fingerprint density at radius 2 is 2.08 bits per heavy atom. The van der Waals surface area contributed by atoms with Crippen LogP contribution in [-0.4, -0.2) is 34.0 Å². The molecular formula is C8H16O4. The van der Waals surface area contributed by atoms with Crippen molar-refractivity contribution in [1.29, 1.82) is 0 Å². The van der Waals surface area contributed by atoms with Crippen LogP contribution in [0.1, 0.15) is 26.2 Å². The summed E-state index contributed by atoms with van der Waals surface area (Å²) in [5.74, 6) is -1.43. The number of carboxylic acid groups (broad SMARTS) is 1. The molecule has 0 heterocycles. The van der Waals surface area contributed by atoms with Crippen LogP contribution in [-0.2, 0) is 4.79 Å². The molecule has 12 heavy (non-hydrogen) atoms. The zero-order valence-electron chi connectivity index (χ0n) is 7.23. The summed E-state index contributed by atoms with van der Waals surface area (Å²) in [5.41, 5.74) is 0. The van der Waals surface area contributed by atoms with Crippen molar-refractivity contribution in [2.24, 2.45) is 5.92 Å². The monoisotopic (exact) mass is 176 g/mol. The van der Waals surface area contributed by atoms with Gasteiger partial charge in [-0.2, -0.15) is 0 Å². The Kier molecular flexibility index (Phi) is 5.66. The lowest BCUT2D eigenvalue weighted by atomic mass is 9.97. The highest BCUT2D eigenvalue weighted by Gasteiger charge is 2.19. The summed E-state index contributed by atoms with van der Waals surface area (Å²) in [6.07, 6.45) is 0.555. The Morgan fingerprint density at radius 3 is 2.42 bits per heavy atom. The molecule has 0 amide bonds. The van der Waals surface area contributed by atoms with Crippen LogP contribution in [0.15, 0.2) is 0 Å². The summed E-state index contributed by atoms with van der Waals surface area (Å²) in [4.78, 5) is 10.5. The molecule has 0 aromatic carbocycles. The molecule has 0 aromatic rings. The van der Waals surface area contributed by atoms with Gasteiger partial charge in [0.2, 0.25) is 0 Å². The molecule has 0 rings (SSSR count). The van der Waals surface area contributed by atoms with E-state index in [4.69, 9.17) is 15.3 Å². The molecule has 0 saturated carbocycles. The Bertz CT molecular complexity index is 135. The van der Waals surface area contributed by atoms with Crippen LogP contribution >= 0.6 is 0 Å². The maximum Gasteiger partial charge on any atom is 0.306 e. The van der Waals surface area contributed by atoms with Gasteiger partial charge in [-0.1, -0.05) is 13.3 Å². The number of aliphatic hydroxyl groups is 2. The van der Waals surface area contributed by atoms with Crippen LogP contribution in [0.3, 0.4) is 0 Å². The van der Waals surface area contributed by atoms with Gasteiger partial charge >= 0.3 is 5.97 Å². The van der Waals surface area contributed by atoms with Gasteiger partial charge in [0.25, 0.3) is 0 Å². The molecule has 0 saturated heterocycles. The summed E-state index contributed by atoms with van der Waals surface area (Å²) in [6, 6.07) is 0. The van der Waals surface area contributed by atoms with Gasteiger partial charge in [0, 0.05) is 0 Å². The molecule has 2 atom stereocenters. The summed E-state index contributed by atoms with van der Waals surface area (Å²) in [5, 5.41) is 26.1. The second-order valence-electron chi connectivity index (χ2n) is 2.90. The second kappa shape index (κ2) is 5.97. The Labute approximate surface area is 71.8 Å². The summed E-state index contributed by atoms with van der Waals surface area (Å²) in [7, 11) is 0. The fourth-order valence-corrected chi connectivity index (χ4v) is 1.09. The van der Waals surface area contributed by atoms with Crippen LogP contribution in [0.25, 0.3) is 0 Å². The highest BCUT2D eigenvalue weighted by atomic mass is 16.4. The van der Waals surface area contributed by atoms with E-state index in [0.29, 0.717) is 6.42 Å². The van der Waals surface area contributed by atoms with E-state index in [1.807, 2.05) is 6.92 Å². The SMILES string of the molecule is CCCC(CC(O)CO)C(=O)O. The van der Waals surface area contributed by atoms with E-state index in [-0.39, 0.29) is 13.0 Å². The molecule has 4 nitrogen and oxygen atoms in total. The maximum absolute atomic E-state index is 10.5. The van der Waals surface area contributed by atoms with Crippen LogP contribution in [0.4, 0.5) is 0 Å². The average Bonchev–Trinajstić information content (AvgIpc) is 2.03. The lowest BCUT2D eigenvalue weighted by Crippen LogP contribution is -2.22. The summed E-state index contributed by atoms with van der Waals surface area (Å²) < 4.78 is 0. The molecule has 0 bridgehead atoms. The standard InChI is InChI=1S/C8H16O4/c1-2-3-6(8(11)12)4-7(10)5-9/h6-7,9-10H,2-5H2,1H3,(H,11,12). The minimum atomic E-state index is -0.905. The van der Waals surface area contributed by atoms with Crippen molar-refractivity contribution in [3.05, 3.63) is 0 Å². The third kappa shape index (κ3) is 4.31. The number of aliphatic hydroxyl groups excluding tert-OH is 2. The molecule has 0 aliphatic rings. The van der Waals surface area contributed by atoms with Gasteiger partial charge in [0.05, 0.1) is 18.6 Å². The van der Waals surface area contributed by atoms with E-state index < -0.39 is 18.0 Å². The summed E-state index contributed by atoms with van der Waals surface area (Å²) >= 11 is 0.